The van der Waals surface area contributed by atoms with Crippen LogP contribution in [-0.4, -0.2) is 12.6 Å². The molecule has 130 valence electrons. The molecule has 0 atom stereocenters. The SMILES string of the molecule is CCOC(=O)C=CCCC=C(C)CCC=C(C)CCC=C(C)C. The third-order valence-electron chi connectivity index (χ3n) is 3.49. The molecule has 0 amide bonds. The lowest BCUT2D eigenvalue weighted by molar-refractivity contribution is -0.137. The first kappa shape index (κ1) is 21.4. The molecule has 23 heavy (non-hydrogen) atoms. The second-order valence-corrected chi connectivity index (χ2v) is 6.19. The number of ether oxygens (including phenoxy) is 1. The molecule has 0 rings (SSSR count). The van der Waals surface area contributed by atoms with Crippen LogP contribution in [0, 0.1) is 0 Å². The van der Waals surface area contributed by atoms with E-state index in [-0.39, 0.29) is 5.97 Å². The summed E-state index contributed by atoms with van der Waals surface area (Å²) in [7, 11) is 0. The molecule has 0 fully saturated rings. The summed E-state index contributed by atoms with van der Waals surface area (Å²) in [6.45, 7) is 10.9. The summed E-state index contributed by atoms with van der Waals surface area (Å²) < 4.78 is 4.83. The van der Waals surface area contributed by atoms with E-state index in [2.05, 4.69) is 45.9 Å². The van der Waals surface area contributed by atoms with Gasteiger partial charge in [-0.1, -0.05) is 41.0 Å². The molecule has 0 spiro atoms. The molecule has 2 nitrogen and oxygen atoms in total. The first-order valence-electron chi connectivity index (χ1n) is 8.73. The van der Waals surface area contributed by atoms with Crippen molar-refractivity contribution in [1.29, 1.82) is 0 Å². The van der Waals surface area contributed by atoms with Gasteiger partial charge >= 0.3 is 5.97 Å². The zero-order valence-electron chi connectivity index (χ0n) is 15.7. The van der Waals surface area contributed by atoms with E-state index in [4.69, 9.17) is 4.74 Å². The molecule has 0 aromatic rings. The van der Waals surface area contributed by atoms with Gasteiger partial charge in [0.2, 0.25) is 0 Å². The third kappa shape index (κ3) is 15.1. The number of rotatable bonds is 11. The van der Waals surface area contributed by atoms with Gasteiger partial charge in [0.05, 0.1) is 6.61 Å². The topological polar surface area (TPSA) is 26.3 Å². The van der Waals surface area contributed by atoms with E-state index in [1.807, 2.05) is 13.0 Å². The molecule has 0 aliphatic carbocycles. The van der Waals surface area contributed by atoms with Crippen molar-refractivity contribution in [1.82, 2.24) is 0 Å². The third-order valence-corrected chi connectivity index (χ3v) is 3.49. The highest BCUT2D eigenvalue weighted by Crippen LogP contribution is 2.12. The van der Waals surface area contributed by atoms with Crippen LogP contribution in [0.2, 0.25) is 0 Å². The van der Waals surface area contributed by atoms with Crippen molar-refractivity contribution in [3.8, 4) is 0 Å². The Balaban J connectivity index is 3.89. The van der Waals surface area contributed by atoms with Gasteiger partial charge in [0.1, 0.15) is 0 Å². The Morgan fingerprint density at radius 2 is 1.39 bits per heavy atom. The van der Waals surface area contributed by atoms with Crippen molar-refractivity contribution in [3.05, 3.63) is 47.1 Å². The van der Waals surface area contributed by atoms with Gasteiger partial charge in [0.15, 0.2) is 0 Å². The van der Waals surface area contributed by atoms with Gasteiger partial charge in [-0.15, -0.1) is 0 Å². The lowest BCUT2D eigenvalue weighted by atomic mass is 10.1. The van der Waals surface area contributed by atoms with Gasteiger partial charge < -0.3 is 4.74 Å². The molecule has 0 N–H and O–H groups in total. The number of allylic oxidation sites excluding steroid dienone is 7. The largest absolute Gasteiger partial charge is 0.463 e. The van der Waals surface area contributed by atoms with Crippen LogP contribution in [0.1, 0.15) is 73.1 Å². The first-order chi connectivity index (χ1) is 11.0. The predicted molar refractivity (Wildman–Crippen MR) is 100 cm³/mol. The van der Waals surface area contributed by atoms with Crippen LogP contribution in [0.15, 0.2) is 47.1 Å². The minimum Gasteiger partial charge on any atom is -0.463 e. The number of carbonyl (C=O) groups is 1. The maximum atomic E-state index is 11.1. The van der Waals surface area contributed by atoms with Crippen LogP contribution in [0.25, 0.3) is 0 Å². The smallest absolute Gasteiger partial charge is 0.330 e. The summed E-state index contributed by atoms with van der Waals surface area (Å²) in [6, 6.07) is 0. The monoisotopic (exact) mass is 318 g/mol. The fraction of sp³-hybridized carbons (Fsp3) is 0.571. The van der Waals surface area contributed by atoms with Crippen LogP contribution < -0.4 is 0 Å². The molecule has 2 heteroatoms. The van der Waals surface area contributed by atoms with Gasteiger partial charge in [0, 0.05) is 6.08 Å². The van der Waals surface area contributed by atoms with Gasteiger partial charge in [-0.2, -0.15) is 0 Å². The molecule has 0 aliphatic rings. The normalized spacial score (nSPS) is 12.6. The molecule has 0 aliphatic heterocycles. The second kappa shape index (κ2) is 14.0. The Morgan fingerprint density at radius 1 is 0.826 bits per heavy atom. The van der Waals surface area contributed by atoms with E-state index in [1.54, 1.807) is 0 Å². The Morgan fingerprint density at radius 3 is 1.96 bits per heavy atom. The molecule has 0 aromatic heterocycles. The summed E-state index contributed by atoms with van der Waals surface area (Å²) in [4.78, 5) is 11.1. The number of unbranched alkanes of at least 4 members (excludes halogenated alkanes) is 1. The van der Waals surface area contributed by atoms with E-state index in [0.29, 0.717) is 6.61 Å². The van der Waals surface area contributed by atoms with Crippen molar-refractivity contribution in [2.75, 3.05) is 6.61 Å². The Labute approximate surface area is 143 Å². The summed E-state index contributed by atoms with van der Waals surface area (Å²) in [5.41, 5.74) is 4.30. The predicted octanol–water partition coefficient (Wildman–Crippen LogP) is 6.31. The van der Waals surface area contributed by atoms with E-state index in [9.17, 15) is 4.79 Å². The van der Waals surface area contributed by atoms with E-state index >= 15 is 0 Å². The fourth-order valence-corrected chi connectivity index (χ4v) is 2.13. The summed E-state index contributed by atoms with van der Waals surface area (Å²) in [6.07, 6.45) is 16.7. The van der Waals surface area contributed by atoms with Crippen LogP contribution in [0.5, 0.6) is 0 Å². The van der Waals surface area contributed by atoms with E-state index in [0.717, 1.165) is 38.5 Å². The molecular formula is C21H34O2. The number of hydrogen-bond acceptors (Lipinski definition) is 2. The lowest BCUT2D eigenvalue weighted by Crippen LogP contribution is -1.98. The van der Waals surface area contributed by atoms with Crippen LogP contribution in [0.3, 0.4) is 0 Å². The second-order valence-electron chi connectivity index (χ2n) is 6.19. The fourth-order valence-electron chi connectivity index (χ4n) is 2.13. The summed E-state index contributed by atoms with van der Waals surface area (Å²) >= 11 is 0. The van der Waals surface area contributed by atoms with Crippen molar-refractivity contribution in [2.45, 2.75) is 73.1 Å². The highest BCUT2D eigenvalue weighted by atomic mass is 16.5. The maximum Gasteiger partial charge on any atom is 0.330 e. The van der Waals surface area contributed by atoms with E-state index < -0.39 is 0 Å². The zero-order chi connectivity index (χ0) is 17.5. The van der Waals surface area contributed by atoms with E-state index in [1.165, 1.54) is 22.8 Å². The molecule has 0 aromatic carbocycles. The van der Waals surface area contributed by atoms with Gasteiger partial charge in [-0.3, -0.25) is 0 Å². The first-order valence-corrected chi connectivity index (χ1v) is 8.73. The molecule has 0 bridgehead atoms. The summed E-state index contributed by atoms with van der Waals surface area (Å²) in [5.74, 6) is -0.248. The van der Waals surface area contributed by atoms with Crippen molar-refractivity contribution in [2.24, 2.45) is 0 Å². The Bertz CT molecular complexity index is 446. The average molecular weight is 319 g/mol. The lowest BCUT2D eigenvalue weighted by Gasteiger charge is -2.01. The highest BCUT2D eigenvalue weighted by molar-refractivity contribution is 5.81. The number of esters is 1. The van der Waals surface area contributed by atoms with Gasteiger partial charge in [0.25, 0.3) is 0 Å². The standard InChI is InChI=1S/C21H34O2/c1-6-23-21(22)17-9-7-8-13-19(4)15-11-16-20(5)14-10-12-18(2)3/h9,12-13,16-17H,6-8,10-11,14-15H2,1-5H3. The average Bonchev–Trinajstić information content (AvgIpc) is 2.46. The molecule has 0 saturated carbocycles. The number of carbonyl (C=O) groups excluding carboxylic acids is 1. The van der Waals surface area contributed by atoms with Crippen LogP contribution >= 0.6 is 0 Å². The van der Waals surface area contributed by atoms with Crippen LogP contribution in [-0.2, 0) is 9.53 Å². The molecule has 0 unspecified atom stereocenters. The van der Waals surface area contributed by atoms with Gasteiger partial charge in [-0.25, -0.2) is 4.79 Å². The molecule has 0 heterocycles. The Hall–Kier alpha value is -1.57. The van der Waals surface area contributed by atoms with Crippen molar-refractivity contribution < 1.29 is 9.53 Å². The van der Waals surface area contributed by atoms with Crippen molar-refractivity contribution in [3.63, 3.8) is 0 Å². The highest BCUT2D eigenvalue weighted by Gasteiger charge is 1.93. The minimum absolute atomic E-state index is 0.248. The molecule has 0 saturated heterocycles. The zero-order valence-corrected chi connectivity index (χ0v) is 15.7. The molecule has 0 radical (unpaired) electrons. The molecular weight excluding hydrogens is 284 g/mol. The number of hydrogen-bond donors (Lipinski definition) is 0. The maximum absolute atomic E-state index is 11.1. The van der Waals surface area contributed by atoms with Crippen LogP contribution in [0.4, 0.5) is 0 Å². The van der Waals surface area contributed by atoms with Gasteiger partial charge in [-0.05, 0) is 73.1 Å². The van der Waals surface area contributed by atoms with Crippen molar-refractivity contribution >= 4 is 5.97 Å². The summed E-state index contributed by atoms with van der Waals surface area (Å²) in [5, 5.41) is 0. The minimum atomic E-state index is -0.248. The quantitative estimate of drug-likeness (QED) is 0.193. The Kier molecular flexibility index (Phi) is 13.1.